The first-order valence-electron chi connectivity index (χ1n) is 4.84. The molecule has 2 aliphatic heterocycles. The Morgan fingerprint density at radius 2 is 1.86 bits per heavy atom. The molecule has 86 valence electrons. The average Bonchev–Trinajstić information content (AvgIpc) is 2.13. The quantitative estimate of drug-likeness (QED) is 0.684. The molecule has 0 radical (unpaired) electrons. The van der Waals surface area contributed by atoms with Crippen molar-refractivity contribution in [2.45, 2.75) is 18.4 Å². The van der Waals surface area contributed by atoms with E-state index in [-0.39, 0.29) is 30.4 Å². The monoisotopic (exact) mass is 242 g/mol. The number of rotatable bonds is 0. The second kappa shape index (κ2) is 6.13. The van der Waals surface area contributed by atoms with Crippen molar-refractivity contribution in [3.8, 4) is 0 Å². The number of piperidine rings is 1. The van der Waals surface area contributed by atoms with Crippen LogP contribution in [0.4, 0.5) is 0 Å². The largest absolute Gasteiger partial charge is 0.372 e. The van der Waals surface area contributed by atoms with Gasteiger partial charge in [0.1, 0.15) is 0 Å². The van der Waals surface area contributed by atoms with Crippen LogP contribution in [-0.2, 0) is 4.74 Å². The van der Waals surface area contributed by atoms with E-state index in [9.17, 15) is 0 Å². The highest BCUT2D eigenvalue weighted by Gasteiger charge is 2.35. The van der Waals surface area contributed by atoms with E-state index in [1.54, 1.807) is 0 Å². The zero-order valence-corrected chi connectivity index (χ0v) is 10.3. The minimum Gasteiger partial charge on any atom is -0.372 e. The number of nitrogens with zero attached hydrogens (tertiary/aromatic N) is 1. The molecule has 0 unspecified atom stereocenters. The molecule has 0 aromatic rings. The molecule has 0 aromatic carbocycles. The third-order valence-electron chi connectivity index (χ3n) is 3.03. The van der Waals surface area contributed by atoms with E-state index in [0.717, 1.165) is 19.7 Å². The summed E-state index contributed by atoms with van der Waals surface area (Å²) in [6.07, 6.45) is 2.38. The van der Waals surface area contributed by atoms with Gasteiger partial charge in [0.2, 0.25) is 0 Å². The van der Waals surface area contributed by atoms with E-state index in [0.29, 0.717) is 0 Å². The second-order valence-electron chi connectivity index (χ2n) is 4.01. The Balaban J connectivity index is 0.000000845. The van der Waals surface area contributed by atoms with Crippen LogP contribution < -0.4 is 5.32 Å². The number of hydrogen-bond acceptors (Lipinski definition) is 3. The van der Waals surface area contributed by atoms with Crippen molar-refractivity contribution in [1.82, 2.24) is 10.2 Å². The highest BCUT2D eigenvalue weighted by atomic mass is 35.5. The van der Waals surface area contributed by atoms with Gasteiger partial charge in [-0.1, -0.05) is 0 Å². The number of morpholine rings is 1. The molecule has 0 bridgehead atoms. The van der Waals surface area contributed by atoms with Crippen LogP contribution in [0.3, 0.4) is 0 Å². The summed E-state index contributed by atoms with van der Waals surface area (Å²) >= 11 is 0. The number of halogens is 2. The Morgan fingerprint density at radius 3 is 2.36 bits per heavy atom. The molecule has 0 saturated carbocycles. The van der Waals surface area contributed by atoms with Crippen LogP contribution in [0, 0.1) is 0 Å². The van der Waals surface area contributed by atoms with E-state index in [1.807, 2.05) is 0 Å². The maximum Gasteiger partial charge on any atom is 0.0831 e. The molecule has 1 spiro atoms. The summed E-state index contributed by atoms with van der Waals surface area (Å²) < 4.78 is 5.87. The fourth-order valence-electron chi connectivity index (χ4n) is 2.05. The Hall–Kier alpha value is 0.460. The van der Waals surface area contributed by atoms with Crippen molar-refractivity contribution >= 4 is 24.8 Å². The van der Waals surface area contributed by atoms with Crippen molar-refractivity contribution in [2.75, 3.05) is 39.8 Å². The van der Waals surface area contributed by atoms with Crippen molar-refractivity contribution in [2.24, 2.45) is 0 Å². The Morgan fingerprint density at radius 1 is 1.21 bits per heavy atom. The molecule has 0 aliphatic carbocycles. The zero-order valence-electron chi connectivity index (χ0n) is 8.62. The van der Waals surface area contributed by atoms with Crippen LogP contribution in [0.2, 0.25) is 0 Å². The molecule has 2 heterocycles. The minimum atomic E-state index is 0. The lowest BCUT2D eigenvalue weighted by atomic mass is 9.90. The van der Waals surface area contributed by atoms with E-state index >= 15 is 0 Å². The molecular weight excluding hydrogens is 223 g/mol. The molecule has 5 heteroatoms. The molecule has 2 rings (SSSR count). The molecule has 2 aliphatic rings. The maximum absolute atomic E-state index is 5.87. The van der Waals surface area contributed by atoms with Gasteiger partial charge in [0.05, 0.1) is 12.2 Å². The Bertz CT molecular complexity index is 153. The summed E-state index contributed by atoms with van der Waals surface area (Å²) in [6, 6.07) is 0. The summed E-state index contributed by atoms with van der Waals surface area (Å²) in [5.74, 6) is 0. The van der Waals surface area contributed by atoms with Crippen molar-refractivity contribution in [3.63, 3.8) is 0 Å². The topological polar surface area (TPSA) is 24.5 Å². The first kappa shape index (κ1) is 14.5. The van der Waals surface area contributed by atoms with E-state index in [4.69, 9.17) is 4.74 Å². The predicted molar refractivity (Wildman–Crippen MR) is 62.8 cm³/mol. The Kier molecular flexibility index (Phi) is 6.33. The number of hydrogen-bond donors (Lipinski definition) is 1. The fourth-order valence-corrected chi connectivity index (χ4v) is 2.05. The summed E-state index contributed by atoms with van der Waals surface area (Å²) in [5.41, 5.74) is 0.185. The van der Waals surface area contributed by atoms with Crippen LogP contribution in [-0.4, -0.2) is 50.3 Å². The molecule has 0 atom stereocenters. The van der Waals surface area contributed by atoms with E-state index < -0.39 is 0 Å². The first-order chi connectivity index (χ1) is 5.81. The van der Waals surface area contributed by atoms with Crippen molar-refractivity contribution < 1.29 is 4.74 Å². The van der Waals surface area contributed by atoms with Gasteiger partial charge in [-0.15, -0.1) is 24.8 Å². The molecule has 2 fully saturated rings. The van der Waals surface area contributed by atoms with Gasteiger partial charge in [0.15, 0.2) is 0 Å². The Labute approximate surface area is 98.4 Å². The second-order valence-corrected chi connectivity index (χ2v) is 4.01. The molecule has 14 heavy (non-hydrogen) atoms. The van der Waals surface area contributed by atoms with Crippen molar-refractivity contribution in [1.29, 1.82) is 0 Å². The molecular formula is C9H20Cl2N2O. The van der Waals surface area contributed by atoms with Crippen LogP contribution in [0.1, 0.15) is 12.8 Å². The van der Waals surface area contributed by atoms with E-state index in [2.05, 4.69) is 17.3 Å². The van der Waals surface area contributed by atoms with Gasteiger partial charge in [0.25, 0.3) is 0 Å². The number of ether oxygens (including phenoxy) is 1. The molecule has 1 N–H and O–H groups in total. The third-order valence-corrected chi connectivity index (χ3v) is 3.03. The summed E-state index contributed by atoms with van der Waals surface area (Å²) in [4.78, 5) is 2.38. The van der Waals surface area contributed by atoms with Gasteiger partial charge < -0.3 is 15.0 Å². The molecule has 0 aromatic heterocycles. The van der Waals surface area contributed by atoms with Crippen LogP contribution in [0.25, 0.3) is 0 Å². The average molecular weight is 243 g/mol. The fraction of sp³-hybridized carbons (Fsp3) is 1.00. The van der Waals surface area contributed by atoms with Gasteiger partial charge in [-0.3, -0.25) is 0 Å². The van der Waals surface area contributed by atoms with Crippen LogP contribution in [0.15, 0.2) is 0 Å². The van der Waals surface area contributed by atoms with Crippen molar-refractivity contribution in [3.05, 3.63) is 0 Å². The standard InChI is InChI=1S/C9H18N2O.2ClH/c1-11-5-2-9(3-6-11)8-10-4-7-12-9;;/h10H,2-8H2,1H3;2*1H. The number of likely N-dealkylation sites (tertiary alicyclic amines) is 1. The van der Waals surface area contributed by atoms with Gasteiger partial charge in [0, 0.05) is 26.2 Å². The first-order valence-corrected chi connectivity index (χ1v) is 4.84. The van der Waals surface area contributed by atoms with Gasteiger partial charge >= 0.3 is 0 Å². The zero-order chi connectivity index (χ0) is 8.44. The van der Waals surface area contributed by atoms with Crippen LogP contribution in [0.5, 0.6) is 0 Å². The highest BCUT2D eigenvalue weighted by molar-refractivity contribution is 5.85. The van der Waals surface area contributed by atoms with Crippen LogP contribution >= 0.6 is 24.8 Å². The third kappa shape index (κ3) is 3.24. The smallest absolute Gasteiger partial charge is 0.0831 e. The van der Waals surface area contributed by atoms with E-state index in [1.165, 1.54) is 25.9 Å². The maximum atomic E-state index is 5.87. The molecule has 0 amide bonds. The SMILES string of the molecule is CN1CCC2(CC1)CNCCO2.Cl.Cl. The lowest BCUT2D eigenvalue weighted by Gasteiger charge is -2.43. The molecule has 2 saturated heterocycles. The van der Waals surface area contributed by atoms with Gasteiger partial charge in [-0.05, 0) is 19.9 Å². The van der Waals surface area contributed by atoms with Gasteiger partial charge in [-0.25, -0.2) is 0 Å². The predicted octanol–water partition coefficient (Wildman–Crippen LogP) is 0.914. The lowest BCUT2D eigenvalue weighted by Crippen LogP contribution is -2.55. The highest BCUT2D eigenvalue weighted by Crippen LogP contribution is 2.26. The number of nitrogens with one attached hydrogen (secondary N) is 1. The lowest BCUT2D eigenvalue weighted by molar-refractivity contribution is -0.0969. The summed E-state index contributed by atoms with van der Waals surface area (Å²) in [6.45, 7) is 5.34. The molecule has 3 nitrogen and oxygen atoms in total. The minimum absolute atomic E-state index is 0. The normalized spacial score (nSPS) is 26.4. The summed E-state index contributed by atoms with van der Waals surface area (Å²) in [7, 11) is 2.18. The summed E-state index contributed by atoms with van der Waals surface area (Å²) in [5, 5.41) is 3.42. The van der Waals surface area contributed by atoms with Gasteiger partial charge in [-0.2, -0.15) is 0 Å².